The number of esters is 1. The van der Waals surface area contributed by atoms with E-state index in [-0.39, 0.29) is 40.1 Å². The van der Waals surface area contributed by atoms with E-state index in [0.717, 1.165) is 36.8 Å². The van der Waals surface area contributed by atoms with Crippen molar-refractivity contribution in [2.75, 3.05) is 0 Å². The molecule has 208 valence electrons. The molecular weight excluding hydrogens is 468 g/mol. The summed E-state index contributed by atoms with van der Waals surface area (Å²) in [5, 5.41) is 32.9. The number of aliphatic carboxylic acids is 1. The quantitative estimate of drug-likeness (QED) is 0.247. The Morgan fingerprint density at radius 1 is 1.03 bits per heavy atom. The Hall–Kier alpha value is -1.66. The van der Waals surface area contributed by atoms with E-state index in [9.17, 15) is 24.9 Å². The van der Waals surface area contributed by atoms with Crippen LogP contribution in [0.4, 0.5) is 0 Å². The average Bonchev–Trinajstić information content (AvgIpc) is 3.05. The highest BCUT2D eigenvalue weighted by Crippen LogP contribution is 2.74. The number of aliphatic hydroxyl groups excluding tert-OH is 2. The molecule has 10 atom stereocenters. The van der Waals surface area contributed by atoms with Gasteiger partial charge in [0, 0.05) is 12.5 Å². The second-order valence-corrected chi connectivity index (χ2v) is 13.6. The number of hydrogen-bond donors (Lipinski definition) is 3. The Bertz CT molecular complexity index is 994. The maximum absolute atomic E-state index is 12.6. The number of carbonyl (C=O) groups is 2. The third kappa shape index (κ3) is 4.40. The van der Waals surface area contributed by atoms with Crippen LogP contribution in [0.2, 0.25) is 0 Å². The summed E-state index contributed by atoms with van der Waals surface area (Å²) in [6.45, 7) is 14.5. The van der Waals surface area contributed by atoms with E-state index in [4.69, 9.17) is 4.74 Å². The monoisotopic (exact) mass is 516 g/mol. The predicted molar refractivity (Wildman–Crippen MR) is 143 cm³/mol. The standard InChI is InChI=1S/C31H48O6/c1-17(2)9-8-10-20(28(35)36)26-22-15-24(34)27-29(5)13-12-23(33)18(3)21(29)11-14-30(27,6)31(22,7)16-25(26)37-19(4)32/h9,18,21-25,27,33-34H,8,10-16H2,1-7H3,(H,35,36)/b26-20+/t18-,21+,22+,23-,24-,25+,27+,29+,30+,31+/m0/s1. The first-order valence-corrected chi connectivity index (χ1v) is 14.3. The second kappa shape index (κ2) is 9.82. The highest BCUT2D eigenvalue weighted by molar-refractivity contribution is 5.88. The maximum Gasteiger partial charge on any atom is 0.331 e. The van der Waals surface area contributed by atoms with Gasteiger partial charge in [0.2, 0.25) is 0 Å². The van der Waals surface area contributed by atoms with Crippen molar-refractivity contribution in [2.24, 2.45) is 39.9 Å². The van der Waals surface area contributed by atoms with Crippen LogP contribution in [0, 0.1) is 39.9 Å². The van der Waals surface area contributed by atoms with E-state index in [1.807, 2.05) is 19.9 Å². The van der Waals surface area contributed by atoms with E-state index in [2.05, 4.69) is 27.7 Å². The van der Waals surface area contributed by atoms with Crippen LogP contribution in [0.1, 0.15) is 99.8 Å². The number of fused-ring (bicyclic) bond motifs is 5. The van der Waals surface area contributed by atoms with Crippen molar-refractivity contribution in [1.29, 1.82) is 0 Å². The van der Waals surface area contributed by atoms with Gasteiger partial charge in [-0.2, -0.15) is 0 Å². The van der Waals surface area contributed by atoms with Gasteiger partial charge in [-0.25, -0.2) is 4.79 Å². The van der Waals surface area contributed by atoms with E-state index in [1.54, 1.807) is 0 Å². The minimum absolute atomic E-state index is 0.0474. The number of rotatable bonds is 5. The molecule has 0 aliphatic heterocycles. The van der Waals surface area contributed by atoms with Crippen molar-refractivity contribution in [3.05, 3.63) is 22.8 Å². The van der Waals surface area contributed by atoms with E-state index >= 15 is 0 Å². The summed E-state index contributed by atoms with van der Waals surface area (Å²) < 4.78 is 5.87. The first-order valence-electron chi connectivity index (χ1n) is 14.3. The molecule has 3 N–H and O–H groups in total. The van der Waals surface area contributed by atoms with Crippen LogP contribution in [0.25, 0.3) is 0 Å². The Labute approximate surface area is 222 Å². The van der Waals surface area contributed by atoms with E-state index in [1.165, 1.54) is 6.92 Å². The van der Waals surface area contributed by atoms with Crippen LogP contribution < -0.4 is 0 Å². The van der Waals surface area contributed by atoms with Crippen LogP contribution >= 0.6 is 0 Å². The summed E-state index contributed by atoms with van der Waals surface area (Å²) in [4.78, 5) is 24.8. The molecule has 0 aromatic heterocycles. The lowest BCUT2D eigenvalue weighted by molar-refractivity contribution is -0.234. The topological polar surface area (TPSA) is 104 Å². The molecule has 37 heavy (non-hydrogen) atoms. The first kappa shape index (κ1) is 28.4. The van der Waals surface area contributed by atoms with Crippen LogP contribution in [0.3, 0.4) is 0 Å². The molecule has 0 heterocycles. The summed E-state index contributed by atoms with van der Waals surface area (Å²) in [5.74, 6) is -0.909. The Morgan fingerprint density at radius 2 is 1.70 bits per heavy atom. The maximum atomic E-state index is 12.6. The highest BCUT2D eigenvalue weighted by atomic mass is 16.5. The molecule has 0 saturated heterocycles. The highest BCUT2D eigenvalue weighted by Gasteiger charge is 2.70. The van der Waals surface area contributed by atoms with Gasteiger partial charge in [-0.1, -0.05) is 39.3 Å². The smallest absolute Gasteiger partial charge is 0.331 e. The molecule has 6 heteroatoms. The van der Waals surface area contributed by atoms with Crippen molar-refractivity contribution in [3.63, 3.8) is 0 Å². The number of carboxylic acids is 1. The zero-order chi connectivity index (χ0) is 27.5. The van der Waals surface area contributed by atoms with Crippen LogP contribution in [0.5, 0.6) is 0 Å². The first-order chi connectivity index (χ1) is 17.2. The van der Waals surface area contributed by atoms with Gasteiger partial charge in [-0.3, -0.25) is 4.79 Å². The number of aliphatic hydroxyl groups is 2. The molecular formula is C31H48O6. The molecule has 4 aliphatic rings. The Kier molecular flexibility index (Phi) is 7.53. The molecule has 4 fully saturated rings. The van der Waals surface area contributed by atoms with Gasteiger partial charge in [0.25, 0.3) is 0 Å². The van der Waals surface area contributed by atoms with E-state index < -0.39 is 24.1 Å². The van der Waals surface area contributed by atoms with Gasteiger partial charge in [-0.05, 0) is 111 Å². The molecule has 0 radical (unpaired) electrons. The van der Waals surface area contributed by atoms with Crippen molar-refractivity contribution in [1.82, 2.24) is 0 Å². The zero-order valence-corrected chi connectivity index (χ0v) is 23.8. The number of hydrogen-bond acceptors (Lipinski definition) is 5. The fourth-order valence-corrected chi connectivity index (χ4v) is 9.79. The van der Waals surface area contributed by atoms with Crippen molar-refractivity contribution in [2.45, 2.75) is 118 Å². The Morgan fingerprint density at radius 3 is 2.30 bits per heavy atom. The summed E-state index contributed by atoms with van der Waals surface area (Å²) in [6.07, 6.45) is 6.22. The van der Waals surface area contributed by atoms with Gasteiger partial charge in [-0.15, -0.1) is 0 Å². The Balaban J connectivity index is 1.82. The number of carbonyl (C=O) groups excluding carboxylic acids is 1. The molecule has 0 spiro atoms. The van der Waals surface area contributed by atoms with Crippen molar-refractivity contribution < 1.29 is 29.6 Å². The van der Waals surface area contributed by atoms with Gasteiger partial charge in [0.15, 0.2) is 0 Å². The SMILES string of the molecule is CC(=O)O[C@@H]1C[C@]2(C)[C@H](C[C@H](O)[C@@H]3[C@]4(C)CC[C@H](O)[C@@H](C)[C@H]4CC[C@]32C)/C1=C(/CCC=C(C)C)C(=O)O. The van der Waals surface area contributed by atoms with E-state index in [0.29, 0.717) is 37.2 Å². The summed E-state index contributed by atoms with van der Waals surface area (Å²) >= 11 is 0. The van der Waals surface area contributed by atoms with Gasteiger partial charge < -0.3 is 20.1 Å². The lowest BCUT2D eigenvalue weighted by Crippen LogP contribution is -2.65. The number of ether oxygens (including phenoxy) is 1. The minimum atomic E-state index is -0.953. The third-order valence-corrected chi connectivity index (χ3v) is 11.6. The average molecular weight is 517 g/mol. The molecule has 6 nitrogen and oxygen atoms in total. The van der Waals surface area contributed by atoms with Crippen LogP contribution in [-0.2, 0) is 14.3 Å². The fourth-order valence-electron chi connectivity index (χ4n) is 9.79. The summed E-state index contributed by atoms with van der Waals surface area (Å²) in [6, 6.07) is 0. The van der Waals surface area contributed by atoms with Gasteiger partial charge >= 0.3 is 11.9 Å². The molecule has 0 bridgehead atoms. The van der Waals surface area contributed by atoms with Crippen LogP contribution in [0.15, 0.2) is 22.8 Å². The molecule has 0 aromatic rings. The van der Waals surface area contributed by atoms with Gasteiger partial charge in [0.1, 0.15) is 6.10 Å². The molecule has 4 rings (SSSR count). The fraction of sp³-hybridized carbons (Fsp3) is 0.806. The lowest BCUT2D eigenvalue weighted by atomic mass is 9.36. The number of allylic oxidation sites excluding steroid dienone is 2. The summed E-state index contributed by atoms with van der Waals surface area (Å²) in [5.41, 5.74) is 1.57. The normalized spacial score (nSPS) is 46.2. The zero-order valence-electron chi connectivity index (χ0n) is 23.8. The van der Waals surface area contributed by atoms with Gasteiger partial charge in [0.05, 0.1) is 12.2 Å². The molecule has 0 aromatic carbocycles. The molecule has 0 amide bonds. The lowest BCUT2D eigenvalue weighted by Gasteiger charge is -2.69. The molecule has 4 saturated carbocycles. The van der Waals surface area contributed by atoms with Crippen molar-refractivity contribution in [3.8, 4) is 0 Å². The minimum Gasteiger partial charge on any atom is -0.478 e. The predicted octanol–water partition coefficient (Wildman–Crippen LogP) is 5.67. The molecule has 4 aliphatic carbocycles. The summed E-state index contributed by atoms with van der Waals surface area (Å²) in [7, 11) is 0. The largest absolute Gasteiger partial charge is 0.478 e. The van der Waals surface area contributed by atoms with Crippen molar-refractivity contribution >= 4 is 11.9 Å². The van der Waals surface area contributed by atoms with Crippen LogP contribution in [-0.4, -0.2) is 45.6 Å². The number of carboxylic acid groups (broad SMARTS) is 1. The third-order valence-electron chi connectivity index (χ3n) is 11.6. The molecule has 0 unspecified atom stereocenters. The second-order valence-electron chi connectivity index (χ2n) is 13.6.